The van der Waals surface area contributed by atoms with Crippen LogP contribution in [0.15, 0.2) is 22.7 Å². The van der Waals surface area contributed by atoms with E-state index in [1.54, 1.807) is 18.2 Å². The Labute approximate surface area is 122 Å². The average Bonchev–Trinajstić information content (AvgIpc) is 2.72. The smallest absolute Gasteiger partial charge is 0.175 e. The summed E-state index contributed by atoms with van der Waals surface area (Å²) >= 11 is 12.5. The van der Waals surface area contributed by atoms with Crippen LogP contribution in [0.2, 0.25) is 10.0 Å². The zero-order chi connectivity index (χ0) is 14.2. The molecule has 3 nitrogen and oxygen atoms in total. The summed E-state index contributed by atoms with van der Waals surface area (Å²) in [7, 11) is 0. The fourth-order valence-electron chi connectivity index (χ4n) is 1.90. The van der Waals surface area contributed by atoms with E-state index in [9.17, 15) is 0 Å². The summed E-state index contributed by atoms with van der Waals surface area (Å²) in [5.41, 5.74) is 7.13. The van der Waals surface area contributed by atoms with Crippen molar-refractivity contribution in [3.63, 3.8) is 0 Å². The van der Waals surface area contributed by atoms with Crippen molar-refractivity contribution in [2.45, 2.75) is 32.6 Å². The molecule has 102 valence electrons. The molecule has 0 saturated carbocycles. The molecule has 0 saturated heterocycles. The number of nitrogen functional groups attached to an aromatic ring is 1. The first-order chi connectivity index (χ1) is 8.88. The van der Waals surface area contributed by atoms with E-state index in [-0.39, 0.29) is 5.41 Å². The zero-order valence-electron chi connectivity index (χ0n) is 11.1. The first-order valence-corrected chi connectivity index (χ1v) is 6.84. The van der Waals surface area contributed by atoms with Crippen LogP contribution in [0.25, 0.3) is 11.1 Å². The van der Waals surface area contributed by atoms with Crippen LogP contribution < -0.4 is 5.73 Å². The standard InChI is InChI=1S/C14H16Cl2N2O/c1-4-14(2,3)12-11(13(17)18-19-12)10-8(15)6-5-7-9(10)16/h5-7H,4H2,1-3H3,(H2,17,18). The molecule has 1 aromatic heterocycles. The fraction of sp³-hybridized carbons (Fsp3) is 0.357. The summed E-state index contributed by atoms with van der Waals surface area (Å²) < 4.78 is 5.42. The Hall–Kier alpha value is -1.19. The van der Waals surface area contributed by atoms with Crippen molar-refractivity contribution in [3.8, 4) is 11.1 Å². The van der Waals surface area contributed by atoms with E-state index in [1.807, 2.05) is 0 Å². The molecule has 5 heteroatoms. The molecule has 0 spiro atoms. The Bertz CT molecular complexity index is 585. The third-order valence-electron chi connectivity index (χ3n) is 3.43. The maximum Gasteiger partial charge on any atom is 0.175 e. The van der Waals surface area contributed by atoms with Gasteiger partial charge in [0.15, 0.2) is 11.6 Å². The summed E-state index contributed by atoms with van der Waals surface area (Å²) in [6, 6.07) is 5.35. The maximum absolute atomic E-state index is 6.25. The van der Waals surface area contributed by atoms with Gasteiger partial charge < -0.3 is 10.3 Å². The minimum absolute atomic E-state index is 0.192. The zero-order valence-corrected chi connectivity index (χ0v) is 12.6. The minimum atomic E-state index is -0.192. The van der Waals surface area contributed by atoms with Crippen LogP contribution in [0.5, 0.6) is 0 Å². The highest BCUT2D eigenvalue weighted by Crippen LogP contribution is 2.44. The molecular weight excluding hydrogens is 283 g/mol. The molecule has 1 aromatic carbocycles. The predicted molar refractivity (Wildman–Crippen MR) is 79.7 cm³/mol. The van der Waals surface area contributed by atoms with Gasteiger partial charge in [0.2, 0.25) is 0 Å². The van der Waals surface area contributed by atoms with Crippen LogP contribution in [0.1, 0.15) is 33.0 Å². The van der Waals surface area contributed by atoms with Gasteiger partial charge in [0.25, 0.3) is 0 Å². The van der Waals surface area contributed by atoms with Crippen LogP contribution in [0, 0.1) is 0 Å². The molecular formula is C14H16Cl2N2O. The van der Waals surface area contributed by atoms with E-state index in [4.69, 9.17) is 33.5 Å². The number of hydrogen-bond acceptors (Lipinski definition) is 3. The van der Waals surface area contributed by atoms with Gasteiger partial charge in [-0.3, -0.25) is 0 Å². The first-order valence-electron chi connectivity index (χ1n) is 6.08. The molecule has 2 N–H and O–H groups in total. The average molecular weight is 299 g/mol. The normalized spacial score (nSPS) is 11.8. The van der Waals surface area contributed by atoms with E-state index >= 15 is 0 Å². The molecule has 0 atom stereocenters. The molecule has 0 bridgehead atoms. The second-order valence-electron chi connectivity index (χ2n) is 5.11. The Morgan fingerprint density at radius 1 is 1.21 bits per heavy atom. The van der Waals surface area contributed by atoms with Crippen molar-refractivity contribution in [3.05, 3.63) is 34.0 Å². The molecule has 0 aliphatic carbocycles. The molecule has 0 amide bonds. The maximum atomic E-state index is 6.25. The van der Waals surface area contributed by atoms with E-state index < -0.39 is 0 Å². The molecule has 0 fully saturated rings. The second-order valence-corrected chi connectivity index (χ2v) is 5.92. The van der Waals surface area contributed by atoms with Crippen molar-refractivity contribution in [2.75, 3.05) is 5.73 Å². The third-order valence-corrected chi connectivity index (χ3v) is 4.06. The fourth-order valence-corrected chi connectivity index (χ4v) is 2.49. The van der Waals surface area contributed by atoms with Gasteiger partial charge in [-0.2, -0.15) is 0 Å². The Morgan fingerprint density at radius 2 is 1.79 bits per heavy atom. The lowest BCUT2D eigenvalue weighted by Gasteiger charge is -2.21. The van der Waals surface area contributed by atoms with Crippen LogP contribution in [-0.4, -0.2) is 5.16 Å². The second kappa shape index (κ2) is 5.06. The molecule has 19 heavy (non-hydrogen) atoms. The van der Waals surface area contributed by atoms with Gasteiger partial charge in [0.1, 0.15) is 0 Å². The topological polar surface area (TPSA) is 52.0 Å². The number of hydrogen-bond donors (Lipinski definition) is 1. The number of anilines is 1. The van der Waals surface area contributed by atoms with Gasteiger partial charge in [-0.25, -0.2) is 0 Å². The molecule has 0 aliphatic rings. The molecule has 2 rings (SSSR count). The summed E-state index contributed by atoms with van der Waals surface area (Å²) in [5.74, 6) is 1.02. The molecule has 0 unspecified atom stereocenters. The Balaban J connectivity index is 2.73. The van der Waals surface area contributed by atoms with Gasteiger partial charge in [-0.05, 0) is 18.6 Å². The number of rotatable bonds is 3. The quantitative estimate of drug-likeness (QED) is 0.875. The SMILES string of the molecule is CCC(C)(C)c1onc(N)c1-c1c(Cl)cccc1Cl. The van der Waals surface area contributed by atoms with Crippen LogP contribution in [0.3, 0.4) is 0 Å². The summed E-state index contributed by atoms with van der Waals surface area (Å²) in [6.07, 6.45) is 0.886. The van der Waals surface area contributed by atoms with E-state index in [0.29, 0.717) is 32.8 Å². The number of halogens is 2. The van der Waals surface area contributed by atoms with Crippen molar-refractivity contribution in [1.29, 1.82) is 0 Å². The number of benzene rings is 1. The van der Waals surface area contributed by atoms with Crippen LogP contribution in [-0.2, 0) is 5.41 Å². The van der Waals surface area contributed by atoms with Gasteiger partial charge in [0.05, 0.1) is 15.6 Å². The highest BCUT2D eigenvalue weighted by Gasteiger charge is 2.31. The molecule has 1 heterocycles. The third kappa shape index (κ3) is 2.45. The van der Waals surface area contributed by atoms with Crippen molar-refractivity contribution >= 4 is 29.0 Å². The number of aromatic nitrogens is 1. The van der Waals surface area contributed by atoms with Crippen molar-refractivity contribution < 1.29 is 4.52 Å². The lowest BCUT2D eigenvalue weighted by atomic mass is 9.83. The highest BCUT2D eigenvalue weighted by molar-refractivity contribution is 6.39. The van der Waals surface area contributed by atoms with Crippen molar-refractivity contribution in [2.24, 2.45) is 0 Å². The monoisotopic (exact) mass is 298 g/mol. The summed E-state index contributed by atoms with van der Waals surface area (Å²) in [4.78, 5) is 0. The van der Waals surface area contributed by atoms with Gasteiger partial charge in [-0.1, -0.05) is 55.2 Å². The van der Waals surface area contributed by atoms with Crippen molar-refractivity contribution in [1.82, 2.24) is 5.16 Å². The molecule has 0 aliphatic heterocycles. The number of nitrogens with two attached hydrogens (primary N) is 1. The van der Waals surface area contributed by atoms with E-state index in [1.165, 1.54) is 0 Å². The lowest BCUT2D eigenvalue weighted by Crippen LogP contribution is -2.15. The molecule has 2 aromatic rings. The molecule has 0 radical (unpaired) electrons. The first kappa shape index (κ1) is 14.2. The number of nitrogens with zero attached hydrogens (tertiary/aromatic N) is 1. The van der Waals surface area contributed by atoms with Gasteiger partial charge >= 0.3 is 0 Å². The Morgan fingerprint density at radius 3 is 2.32 bits per heavy atom. The lowest BCUT2D eigenvalue weighted by molar-refractivity contribution is 0.313. The van der Waals surface area contributed by atoms with E-state index in [2.05, 4.69) is 25.9 Å². The largest absolute Gasteiger partial charge is 0.380 e. The highest BCUT2D eigenvalue weighted by atomic mass is 35.5. The van der Waals surface area contributed by atoms with Crippen LogP contribution >= 0.6 is 23.2 Å². The van der Waals surface area contributed by atoms with E-state index in [0.717, 1.165) is 6.42 Å². The van der Waals surface area contributed by atoms with Gasteiger partial charge in [-0.15, -0.1) is 0 Å². The Kier molecular flexibility index (Phi) is 3.79. The van der Waals surface area contributed by atoms with Crippen LogP contribution in [0.4, 0.5) is 5.82 Å². The minimum Gasteiger partial charge on any atom is -0.380 e. The predicted octanol–water partition coefficient (Wildman–Crippen LogP) is 4.92. The summed E-state index contributed by atoms with van der Waals surface area (Å²) in [6.45, 7) is 6.22. The summed E-state index contributed by atoms with van der Waals surface area (Å²) in [5, 5.41) is 4.95. The van der Waals surface area contributed by atoms with Gasteiger partial charge in [0, 0.05) is 11.0 Å².